The number of hydrogen-bond acceptors (Lipinski definition) is 5. The first kappa shape index (κ1) is 16.6. The van der Waals surface area contributed by atoms with Crippen molar-refractivity contribution in [3.8, 4) is 0 Å². The first-order chi connectivity index (χ1) is 10.2. The number of nitrogen functional groups attached to an aromatic ring is 1. The number of anilines is 1. The lowest BCUT2D eigenvalue weighted by Gasteiger charge is -2.27. The lowest BCUT2D eigenvalue weighted by molar-refractivity contribution is -0.150. The lowest BCUT2D eigenvalue weighted by Crippen LogP contribution is -2.40. The molecule has 11 heteroatoms. The quantitative estimate of drug-likeness (QED) is 0.864. The molecule has 1 aromatic heterocycles. The summed E-state index contributed by atoms with van der Waals surface area (Å²) in [5, 5.41) is 8.96. The number of hydrogen-bond donors (Lipinski definition) is 2. The number of nitrogens with one attached hydrogen (secondary N) is 1. The Morgan fingerprint density at radius 2 is 2.27 bits per heavy atom. The van der Waals surface area contributed by atoms with E-state index in [1.54, 1.807) is 0 Å². The average molecular weight is 340 g/mol. The number of aromatic nitrogens is 2. The van der Waals surface area contributed by atoms with Crippen LogP contribution in [0.3, 0.4) is 0 Å². The van der Waals surface area contributed by atoms with E-state index >= 15 is 0 Å². The van der Waals surface area contributed by atoms with Gasteiger partial charge < -0.3 is 20.7 Å². The number of methoxy groups -OCH3 is 1. The van der Waals surface area contributed by atoms with Crippen LogP contribution in [-0.4, -0.2) is 53.6 Å². The molecular weight excluding hydrogens is 327 g/mol. The summed E-state index contributed by atoms with van der Waals surface area (Å²) in [4.78, 5) is 12.9. The van der Waals surface area contributed by atoms with Crippen molar-refractivity contribution in [1.29, 1.82) is 0 Å². The van der Waals surface area contributed by atoms with Crippen molar-refractivity contribution in [2.75, 3.05) is 26.0 Å². The largest absolute Gasteiger partial charge is 0.410 e. The van der Waals surface area contributed by atoms with E-state index in [0.717, 1.165) is 4.90 Å². The molecule has 1 fully saturated rings. The number of urea groups is 1. The Morgan fingerprint density at radius 3 is 2.82 bits per heavy atom. The van der Waals surface area contributed by atoms with Crippen LogP contribution in [-0.2, 0) is 4.74 Å². The third kappa shape index (κ3) is 3.33. The summed E-state index contributed by atoms with van der Waals surface area (Å²) in [6.07, 6.45) is -4.54. The maximum Gasteiger partial charge on any atom is 0.410 e. The summed E-state index contributed by atoms with van der Waals surface area (Å²) in [7, 11) is 1.36. The zero-order valence-electron chi connectivity index (χ0n) is 11.4. The van der Waals surface area contributed by atoms with Gasteiger partial charge in [-0.2, -0.15) is 13.2 Å². The summed E-state index contributed by atoms with van der Waals surface area (Å²) in [5.41, 5.74) is 5.79. The van der Waals surface area contributed by atoms with Crippen molar-refractivity contribution < 1.29 is 22.7 Å². The van der Waals surface area contributed by atoms with Gasteiger partial charge in [-0.3, -0.25) is 0 Å². The Hall–Kier alpha value is -1.81. The van der Waals surface area contributed by atoms with E-state index in [9.17, 15) is 18.0 Å². The molecule has 0 spiro atoms. The van der Waals surface area contributed by atoms with Gasteiger partial charge in [0.25, 0.3) is 0 Å². The van der Waals surface area contributed by atoms with Crippen LogP contribution in [0.15, 0.2) is 6.07 Å². The molecule has 22 heavy (non-hydrogen) atoms. The first-order valence-corrected chi connectivity index (χ1v) is 6.53. The van der Waals surface area contributed by atoms with Gasteiger partial charge in [0.15, 0.2) is 5.15 Å². The van der Waals surface area contributed by atoms with Gasteiger partial charge in [0.05, 0.1) is 19.2 Å². The number of rotatable bonds is 4. The highest BCUT2D eigenvalue weighted by Crippen LogP contribution is 2.32. The zero-order chi connectivity index (χ0) is 16.5. The van der Waals surface area contributed by atoms with Gasteiger partial charge >= 0.3 is 12.2 Å². The second kappa shape index (κ2) is 6.13. The Balaban J connectivity index is 2.32. The fourth-order valence-electron chi connectivity index (χ4n) is 2.16. The monoisotopic (exact) mass is 339 g/mol. The maximum absolute atomic E-state index is 12.8. The predicted molar refractivity (Wildman–Crippen MR) is 71.2 cm³/mol. The van der Waals surface area contributed by atoms with E-state index < -0.39 is 30.8 Å². The molecule has 0 aromatic carbocycles. The molecule has 0 bridgehead atoms. The normalized spacial score (nSPS) is 20.1. The van der Waals surface area contributed by atoms with Crippen LogP contribution in [0.5, 0.6) is 0 Å². The molecule has 2 heterocycles. The third-order valence-electron chi connectivity index (χ3n) is 3.19. The van der Waals surface area contributed by atoms with E-state index in [4.69, 9.17) is 22.1 Å². The zero-order valence-corrected chi connectivity index (χ0v) is 12.1. The summed E-state index contributed by atoms with van der Waals surface area (Å²) >= 11 is 5.91. The molecule has 7 nitrogen and oxygen atoms in total. The number of nitrogens with two attached hydrogens (primary N) is 1. The van der Waals surface area contributed by atoms with Gasteiger partial charge in [0.2, 0.25) is 0 Å². The van der Waals surface area contributed by atoms with Crippen LogP contribution >= 0.6 is 11.6 Å². The minimum absolute atomic E-state index is 0.0347. The SMILES string of the molecule is COC[C@H](c1cc(N)nnc1Cl)N1CC(C(F)(F)F)NC1=O. The fourth-order valence-corrected chi connectivity index (χ4v) is 2.38. The molecule has 122 valence electrons. The predicted octanol–water partition coefficient (Wildman–Crippen LogP) is 1.36. The minimum Gasteiger partial charge on any atom is -0.382 e. The number of carbonyl (C=O) groups excluding carboxylic acids is 1. The van der Waals surface area contributed by atoms with Crippen LogP contribution < -0.4 is 11.1 Å². The van der Waals surface area contributed by atoms with Crippen LogP contribution in [0.4, 0.5) is 23.8 Å². The average Bonchev–Trinajstić information content (AvgIpc) is 2.81. The van der Waals surface area contributed by atoms with Crippen molar-refractivity contribution in [2.45, 2.75) is 18.3 Å². The van der Waals surface area contributed by atoms with Crippen molar-refractivity contribution >= 4 is 23.4 Å². The van der Waals surface area contributed by atoms with Gasteiger partial charge in [0.1, 0.15) is 11.9 Å². The summed E-state index contributed by atoms with van der Waals surface area (Å²) < 4.78 is 43.3. The highest BCUT2D eigenvalue weighted by atomic mass is 35.5. The number of amides is 2. The van der Waals surface area contributed by atoms with Crippen molar-refractivity contribution in [3.05, 3.63) is 16.8 Å². The molecule has 2 rings (SSSR count). The minimum atomic E-state index is -4.54. The molecule has 1 aliphatic heterocycles. The number of halogens is 4. The molecule has 0 saturated carbocycles. The van der Waals surface area contributed by atoms with Crippen molar-refractivity contribution in [3.63, 3.8) is 0 Å². The van der Waals surface area contributed by atoms with E-state index in [2.05, 4.69) is 10.2 Å². The number of ether oxygens (including phenoxy) is 1. The number of nitrogens with zero attached hydrogens (tertiary/aromatic N) is 3. The van der Waals surface area contributed by atoms with E-state index in [-0.39, 0.29) is 23.1 Å². The molecule has 2 amide bonds. The smallest absolute Gasteiger partial charge is 0.382 e. The Labute approximate surface area is 128 Å². The fraction of sp³-hybridized carbons (Fsp3) is 0.545. The lowest BCUT2D eigenvalue weighted by atomic mass is 10.1. The third-order valence-corrected chi connectivity index (χ3v) is 3.48. The summed E-state index contributed by atoms with van der Waals surface area (Å²) in [6.45, 7) is -0.627. The van der Waals surface area contributed by atoms with Gasteiger partial charge in [-0.05, 0) is 6.07 Å². The first-order valence-electron chi connectivity index (χ1n) is 6.15. The number of carbonyl (C=O) groups is 1. The second-order valence-corrected chi connectivity index (χ2v) is 5.04. The number of alkyl halides is 3. The Morgan fingerprint density at radius 1 is 1.59 bits per heavy atom. The topological polar surface area (TPSA) is 93.4 Å². The molecule has 1 aliphatic rings. The molecule has 2 atom stereocenters. The van der Waals surface area contributed by atoms with E-state index in [1.807, 2.05) is 5.32 Å². The van der Waals surface area contributed by atoms with Crippen LogP contribution in [0.1, 0.15) is 11.6 Å². The molecule has 3 N–H and O–H groups in total. The van der Waals surface area contributed by atoms with Crippen molar-refractivity contribution in [2.24, 2.45) is 0 Å². The summed E-state index contributed by atoms with van der Waals surface area (Å²) in [6, 6.07) is -2.32. The maximum atomic E-state index is 12.8. The molecule has 1 saturated heterocycles. The molecule has 1 unspecified atom stereocenters. The highest BCUT2D eigenvalue weighted by Gasteiger charge is 2.48. The Bertz CT molecular complexity index is 571. The van der Waals surface area contributed by atoms with Crippen LogP contribution in [0.25, 0.3) is 0 Å². The Kier molecular flexibility index (Phi) is 4.61. The van der Waals surface area contributed by atoms with E-state index in [1.165, 1.54) is 13.2 Å². The highest BCUT2D eigenvalue weighted by molar-refractivity contribution is 6.30. The van der Waals surface area contributed by atoms with E-state index in [0.29, 0.717) is 0 Å². The molecular formula is C11H13ClF3N5O2. The van der Waals surface area contributed by atoms with Crippen molar-refractivity contribution in [1.82, 2.24) is 20.4 Å². The summed E-state index contributed by atoms with van der Waals surface area (Å²) in [5.74, 6) is 0.0347. The molecule has 0 aliphatic carbocycles. The molecule has 1 aromatic rings. The van der Waals surface area contributed by atoms with Crippen LogP contribution in [0.2, 0.25) is 5.15 Å². The van der Waals surface area contributed by atoms with Gasteiger partial charge in [-0.1, -0.05) is 11.6 Å². The second-order valence-electron chi connectivity index (χ2n) is 4.68. The standard InChI is InChI=1S/C11H13ClF3N5O2/c1-22-4-6(5-2-8(16)18-19-9(5)12)20-3-7(11(13,14)15)17-10(20)21/h2,6-7H,3-4H2,1H3,(H2,16,18)(H,17,21)/t6-,7?/m1/s1. The van der Waals surface area contributed by atoms with Crippen LogP contribution in [0, 0.1) is 0 Å². The molecule has 0 radical (unpaired) electrons. The van der Waals surface area contributed by atoms with Gasteiger partial charge in [-0.15, -0.1) is 10.2 Å². The van der Waals surface area contributed by atoms with Gasteiger partial charge in [0, 0.05) is 12.7 Å². The van der Waals surface area contributed by atoms with Gasteiger partial charge in [-0.25, -0.2) is 4.79 Å².